The van der Waals surface area contributed by atoms with Crippen LogP contribution in [0.5, 0.6) is 0 Å². The van der Waals surface area contributed by atoms with Crippen LogP contribution < -0.4 is 5.32 Å². The number of sulfonamides is 1. The second-order valence-corrected chi connectivity index (χ2v) is 9.05. The van der Waals surface area contributed by atoms with Gasteiger partial charge < -0.3 is 9.84 Å². The van der Waals surface area contributed by atoms with Crippen molar-refractivity contribution in [2.75, 3.05) is 18.4 Å². The van der Waals surface area contributed by atoms with Crippen LogP contribution in [0.25, 0.3) is 11.5 Å². The van der Waals surface area contributed by atoms with Crippen LogP contribution in [-0.2, 0) is 10.0 Å². The summed E-state index contributed by atoms with van der Waals surface area (Å²) in [4.78, 5) is 17.0. The first kappa shape index (κ1) is 20.2. The summed E-state index contributed by atoms with van der Waals surface area (Å²) in [7, 11) is -3.67. The number of nitrogens with zero attached hydrogens (tertiary/aromatic N) is 3. The number of para-hydroxylation sites is 1. The fourth-order valence-corrected chi connectivity index (χ4v) is 5.08. The Morgan fingerprint density at radius 3 is 2.40 bits per heavy atom. The molecule has 0 aliphatic carbocycles. The molecule has 4 rings (SSSR count). The van der Waals surface area contributed by atoms with Crippen LogP contribution in [0, 0.1) is 6.92 Å². The van der Waals surface area contributed by atoms with E-state index < -0.39 is 15.9 Å². The lowest BCUT2D eigenvalue weighted by molar-refractivity contribution is 0.102. The molecule has 8 nitrogen and oxygen atoms in total. The quantitative estimate of drug-likeness (QED) is 0.670. The average Bonchev–Trinajstić information content (AvgIpc) is 3.21. The van der Waals surface area contributed by atoms with Crippen LogP contribution in [0.4, 0.5) is 5.69 Å². The molecule has 1 saturated heterocycles. The zero-order chi connectivity index (χ0) is 21.1. The number of hydrogen-bond acceptors (Lipinski definition) is 6. The molecule has 0 atom stereocenters. The van der Waals surface area contributed by atoms with Crippen LogP contribution >= 0.6 is 0 Å². The third-order valence-electron chi connectivity index (χ3n) is 4.99. The maximum Gasteiger partial charge on any atom is 0.257 e. The van der Waals surface area contributed by atoms with Crippen molar-refractivity contribution in [3.8, 4) is 11.5 Å². The van der Waals surface area contributed by atoms with E-state index in [-0.39, 0.29) is 10.6 Å². The molecule has 1 fully saturated rings. The number of aromatic nitrogens is 2. The molecule has 0 bridgehead atoms. The van der Waals surface area contributed by atoms with Gasteiger partial charge in [0.15, 0.2) is 5.82 Å². The molecular formula is C21H22N4O4S. The fourth-order valence-electron chi connectivity index (χ4n) is 3.41. The second kappa shape index (κ2) is 8.37. The van der Waals surface area contributed by atoms with Crippen molar-refractivity contribution in [3.05, 3.63) is 59.9 Å². The molecule has 30 heavy (non-hydrogen) atoms. The van der Waals surface area contributed by atoms with E-state index in [9.17, 15) is 13.2 Å². The molecule has 1 amide bonds. The number of hydrogen-bond donors (Lipinski definition) is 1. The number of nitrogens with one attached hydrogen (secondary N) is 1. The van der Waals surface area contributed by atoms with Crippen molar-refractivity contribution < 1.29 is 17.7 Å². The minimum absolute atomic E-state index is 0.109. The lowest BCUT2D eigenvalue weighted by Crippen LogP contribution is -2.36. The molecular weight excluding hydrogens is 404 g/mol. The molecule has 0 spiro atoms. The summed E-state index contributed by atoms with van der Waals surface area (Å²) in [5.74, 6) is 0.500. The lowest BCUT2D eigenvalue weighted by Gasteiger charge is -2.26. The number of piperidine rings is 1. The van der Waals surface area contributed by atoms with E-state index in [2.05, 4.69) is 15.5 Å². The summed E-state index contributed by atoms with van der Waals surface area (Å²) in [6.07, 6.45) is 2.73. The first-order valence-electron chi connectivity index (χ1n) is 9.76. The van der Waals surface area contributed by atoms with Gasteiger partial charge in [-0.05, 0) is 56.2 Å². The number of rotatable bonds is 5. The Kier molecular flexibility index (Phi) is 5.65. The van der Waals surface area contributed by atoms with Crippen molar-refractivity contribution in [3.63, 3.8) is 0 Å². The average molecular weight is 426 g/mol. The number of benzene rings is 2. The highest BCUT2D eigenvalue weighted by Crippen LogP contribution is 2.27. The van der Waals surface area contributed by atoms with Gasteiger partial charge in [0, 0.05) is 24.2 Å². The first-order chi connectivity index (χ1) is 14.4. The number of anilines is 1. The van der Waals surface area contributed by atoms with Crippen molar-refractivity contribution >= 4 is 21.6 Å². The molecule has 0 saturated carbocycles. The van der Waals surface area contributed by atoms with Gasteiger partial charge in [-0.2, -0.15) is 9.29 Å². The van der Waals surface area contributed by atoms with Gasteiger partial charge in [-0.3, -0.25) is 4.79 Å². The van der Waals surface area contributed by atoms with Gasteiger partial charge in [-0.1, -0.05) is 23.7 Å². The molecule has 9 heteroatoms. The molecule has 1 N–H and O–H groups in total. The van der Waals surface area contributed by atoms with E-state index in [0.717, 1.165) is 19.3 Å². The van der Waals surface area contributed by atoms with Crippen molar-refractivity contribution in [1.29, 1.82) is 0 Å². The van der Waals surface area contributed by atoms with Crippen LogP contribution in [0.3, 0.4) is 0 Å². The number of amides is 1. The molecule has 0 radical (unpaired) electrons. The second-order valence-electron chi connectivity index (χ2n) is 7.14. The summed E-state index contributed by atoms with van der Waals surface area (Å²) >= 11 is 0. The molecule has 156 valence electrons. The summed E-state index contributed by atoms with van der Waals surface area (Å²) in [5.41, 5.74) is 1.35. The van der Waals surface area contributed by atoms with Crippen molar-refractivity contribution in [1.82, 2.24) is 14.4 Å². The Balaban J connectivity index is 1.55. The van der Waals surface area contributed by atoms with Gasteiger partial charge in [0.2, 0.25) is 10.0 Å². The van der Waals surface area contributed by atoms with Crippen LogP contribution in [0.15, 0.2) is 57.9 Å². The van der Waals surface area contributed by atoms with Gasteiger partial charge in [-0.15, -0.1) is 0 Å². The van der Waals surface area contributed by atoms with Crippen molar-refractivity contribution in [2.24, 2.45) is 0 Å². The monoisotopic (exact) mass is 426 g/mol. The highest BCUT2D eigenvalue weighted by molar-refractivity contribution is 7.89. The minimum Gasteiger partial charge on any atom is -0.334 e. The SMILES string of the molecule is Cc1noc(-c2ccc(C(=O)Nc3ccccc3S(=O)(=O)N3CCCCC3)cc2)n1. The number of carbonyl (C=O) groups excluding carboxylic acids is 1. The number of carbonyl (C=O) groups is 1. The Morgan fingerprint density at radius 1 is 1.03 bits per heavy atom. The Labute approximate surface area is 175 Å². The molecule has 1 aromatic heterocycles. The molecule has 1 aliphatic rings. The molecule has 2 heterocycles. The molecule has 0 unspecified atom stereocenters. The predicted octanol–water partition coefficient (Wildman–Crippen LogP) is 3.47. The van der Waals surface area contributed by atoms with Gasteiger partial charge in [0.05, 0.1) is 5.69 Å². The van der Waals surface area contributed by atoms with Gasteiger partial charge >= 0.3 is 0 Å². The standard InChI is InChI=1S/C21H22N4O4S/c1-15-22-21(29-24-15)17-11-9-16(10-12-17)20(26)23-18-7-3-4-8-19(18)30(27,28)25-13-5-2-6-14-25/h3-4,7-12H,2,5-6,13-14H2,1H3,(H,23,26). The minimum atomic E-state index is -3.67. The fraction of sp³-hybridized carbons (Fsp3) is 0.286. The van der Waals surface area contributed by atoms with E-state index in [1.807, 2.05) is 0 Å². The third-order valence-corrected chi connectivity index (χ3v) is 6.95. The van der Waals surface area contributed by atoms with E-state index in [1.165, 1.54) is 10.4 Å². The van der Waals surface area contributed by atoms with Gasteiger partial charge in [0.25, 0.3) is 11.8 Å². The smallest absolute Gasteiger partial charge is 0.257 e. The largest absolute Gasteiger partial charge is 0.334 e. The van der Waals surface area contributed by atoms with Crippen molar-refractivity contribution in [2.45, 2.75) is 31.1 Å². The normalized spacial score (nSPS) is 15.1. The Bertz CT molecular complexity index is 1150. The zero-order valence-electron chi connectivity index (χ0n) is 16.5. The molecule has 1 aliphatic heterocycles. The molecule has 2 aromatic carbocycles. The zero-order valence-corrected chi connectivity index (χ0v) is 17.4. The third kappa shape index (κ3) is 4.12. The number of aryl methyl sites for hydroxylation is 1. The predicted molar refractivity (Wildman–Crippen MR) is 111 cm³/mol. The summed E-state index contributed by atoms with van der Waals surface area (Å²) < 4.78 is 32.8. The van der Waals surface area contributed by atoms with E-state index >= 15 is 0 Å². The lowest BCUT2D eigenvalue weighted by atomic mass is 10.1. The maximum atomic E-state index is 13.1. The van der Waals surface area contributed by atoms with Gasteiger partial charge in [-0.25, -0.2) is 8.42 Å². The highest BCUT2D eigenvalue weighted by atomic mass is 32.2. The first-order valence-corrected chi connectivity index (χ1v) is 11.2. The van der Waals surface area contributed by atoms with E-state index in [4.69, 9.17) is 4.52 Å². The summed E-state index contributed by atoms with van der Waals surface area (Å²) in [6, 6.07) is 13.2. The highest BCUT2D eigenvalue weighted by Gasteiger charge is 2.28. The topological polar surface area (TPSA) is 105 Å². The maximum absolute atomic E-state index is 13.1. The van der Waals surface area contributed by atoms with E-state index in [1.54, 1.807) is 49.4 Å². The van der Waals surface area contributed by atoms with Crippen LogP contribution in [0.1, 0.15) is 35.4 Å². The van der Waals surface area contributed by atoms with Gasteiger partial charge in [0.1, 0.15) is 4.90 Å². The Hall–Kier alpha value is -3.04. The summed E-state index contributed by atoms with van der Waals surface area (Å²) in [5, 5.41) is 6.49. The van der Waals surface area contributed by atoms with E-state index in [0.29, 0.717) is 35.9 Å². The summed E-state index contributed by atoms with van der Waals surface area (Å²) in [6.45, 7) is 2.73. The Morgan fingerprint density at radius 2 is 1.73 bits per heavy atom. The van der Waals surface area contributed by atoms with Crippen LogP contribution in [-0.4, -0.2) is 41.9 Å². The molecule has 3 aromatic rings. The van der Waals surface area contributed by atoms with Crippen LogP contribution in [0.2, 0.25) is 0 Å².